The fourth-order valence-corrected chi connectivity index (χ4v) is 3.34. The Morgan fingerprint density at radius 3 is 2.35 bits per heavy atom. The lowest BCUT2D eigenvalue weighted by Crippen LogP contribution is -2.47. The lowest BCUT2D eigenvalue weighted by atomic mass is 9.89. The van der Waals surface area contributed by atoms with Crippen molar-refractivity contribution in [3.63, 3.8) is 0 Å². The Labute approximate surface area is 122 Å². The molecule has 0 radical (unpaired) electrons. The standard InChI is InChI=1S/C17H28N2O/c1-14-7-6-8-15(2)19(14)12-11-17(20,13-18)16-9-4-3-5-10-16/h3-5,9-10,14-15,20H,6-8,11-13,18H2,1-2H3/t14-,15+,17?. The third-order valence-corrected chi connectivity index (χ3v) is 4.81. The summed E-state index contributed by atoms with van der Waals surface area (Å²) in [6.45, 7) is 5.76. The molecule has 2 rings (SSSR count). The Balaban J connectivity index is 2.03. The van der Waals surface area contributed by atoms with E-state index in [1.807, 2.05) is 30.3 Å². The van der Waals surface area contributed by atoms with Crippen LogP contribution in [0.2, 0.25) is 0 Å². The van der Waals surface area contributed by atoms with Crippen LogP contribution in [0, 0.1) is 0 Å². The molecule has 1 fully saturated rings. The fraction of sp³-hybridized carbons (Fsp3) is 0.647. The third kappa shape index (κ3) is 3.40. The summed E-state index contributed by atoms with van der Waals surface area (Å²) in [4.78, 5) is 2.52. The minimum atomic E-state index is -0.905. The van der Waals surface area contributed by atoms with E-state index in [0.717, 1.165) is 12.1 Å². The molecule has 0 amide bonds. The smallest absolute Gasteiger partial charge is 0.103 e. The summed E-state index contributed by atoms with van der Waals surface area (Å²) < 4.78 is 0. The Hall–Kier alpha value is -0.900. The molecule has 0 bridgehead atoms. The average molecular weight is 276 g/mol. The number of likely N-dealkylation sites (tertiary alicyclic amines) is 1. The number of nitrogens with zero attached hydrogens (tertiary/aromatic N) is 1. The van der Waals surface area contributed by atoms with Gasteiger partial charge in [-0.3, -0.25) is 4.90 Å². The summed E-state index contributed by atoms with van der Waals surface area (Å²) in [6.07, 6.45) is 4.54. The highest BCUT2D eigenvalue weighted by atomic mass is 16.3. The van der Waals surface area contributed by atoms with E-state index in [-0.39, 0.29) is 6.54 Å². The summed E-state index contributed by atoms with van der Waals surface area (Å²) in [6, 6.07) is 11.0. The highest BCUT2D eigenvalue weighted by molar-refractivity contribution is 5.22. The molecule has 1 aromatic rings. The highest BCUT2D eigenvalue weighted by Crippen LogP contribution is 2.28. The van der Waals surface area contributed by atoms with Crippen LogP contribution in [0.15, 0.2) is 30.3 Å². The van der Waals surface area contributed by atoms with Crippen molar-refractivity contribution in [2.45, 2.75) is 57.2 Å². The number of piperidine rings is 1. The molecular weight excluding hydrogens is 248 g/mol. The van der Waals surface area contributed by atoms with E-state index >= 15 is 0 Å². The van der Waals surface area contributed by atoms with Crippen molar-refractivity contribution < 1.29 is 5.11 Å². The van der Waals surface area contributed by atoms with Crippen LogP contribution in [0.4, 0.5) is 0 Å². The molecule has 1 aliphatic rings. The van der Waals surface area contributed by atoms with Gasteiger partial charge in [0.25, 0.3) is 0 Å². The average Bonchev–Trinajstić information content (AvgIpc) is 2.47. The SMILES string of the molecule is C[C@@H]1CCC[C@H](C)N1CCC(O)(CN)c1ccccc1. The first-order valence-electron chi connectivity index (χ1n) is 7.80. The number of aliphatic hydroxyl groups is 1. The first-order valence-corrected chi connectivity index (χ1v) is 7.80. The molecule has 0 saturated carbocycles. The lowest BCUT2D eigenvalue weighted by Gasteiger charge is -2.41. The monoisotopic (exact) mass is 276 g/mol. The van der Waals surface area contributed by atoms with Gasteiger partial charge in [-0.1, -0.05) is 36.8 Å². The Kier molecular flexibility index (Phi) is 5.19. The molecule has 3 N–H and O–H groups in total. The van der Waals surface area contributed by atoms with Gasteiger partial charge >= 0.3 is 0 Å². The first-order chi connectivity index (χ1) is 9.57. The molecule has 20 heavy (non-hydrogen) atoms. The quantitative estimate of drug-likeness (QED) is 0.868. The zero-order chi connectivity index (χ0) is 14.6. The Morgan fingerprint density at radius 1 is 1.20 bits per heavy atom. The van der Waals surface area contributed by atoms with Crippen molar-refractivity contribution in [3.8, 4) is 0 Å². The lowest BCUT2D eigenvalue weighted by molar-refractivity contribution is 0.00833. The molecule has 1 unspecified atom stereocenters. The maximum absolute atomic E-state index is 10.8. The van der Waals surface area contributed by atoms with E-state index in [9.17, 15) is 5.11 Å². The molecule has 1 saturated heterocycles. The molecule has 3 nitrogen and oxygen atoms in total. The number of benzene rings is 1. The summed E-state index contributed by atoms with van der Waals surface area (Å²) >= 11 is 0. The molecule has 1 aliphatic heterocycles. The summed E-state index contributed by atoms with van der Waals surface area (Å²) in [5, 5.41) is 10.8. The Bertz CT molecular complexity index is 399. The van der Waals surface area contributed by atoms with Crippen LogP contribution in [0.5, 0.6) is 0 Å². The number of hydrogen-bond donors (Lipinski definition) is 2. The van der Waals surface area contributed by atoms with Crippen molar-refractivity contribution in [1.82, 2.24) is 4.90 Å². The number of rotatable bonds is 5. The van der Waals surface area contributed by atoms with Crippen LogP contribution in [-0.2, 0) is 5.60 Å². The summed E-state index contributed by atoms with van der Waals surface area (Å²) in [5.41, 5.74) is 5.88. The van der Waals surface area contributed by atoms with Crippen LogP contribution in [0.3, 0.4) is 0 Å². The van der Waals surface area contributed by atoms with Gasteiger partial charge in [-0.15, -0.1) is 0 Å². The number of hydrogen-bond acceptors (Lipinski definition) is 3. The van der Waals surface area contributed by atoms with Crippen LogP contribution in [-0.4, -0.2) is 35.2 Å². The first kappa shape index (κ1) is 15.5. The molecule has 3 atom stereocenters. The zero-order valence-corrected chi connectivity index (χ0v) is 12.8. The molecule has 1 aromatic carbocycles. The second kappa shape index (κ2) is 6.70. The van der Waals surface area contributed by atoms with Gasteiger partial charge in [0.2, 0.25) is 0 Å². The van der Waals surface area contributed by atoms with Crippen molar-refractivity contribution in [2.24, 2.45) is 5.73 Å². The van der Waals surface area contributed by atoms with E-state index < -0.39 is 5.60 Å². The van der Waals surface area contributed by atoms with E-state index in [4.69, 9.17) is 5.73 Å². The fourth-order valence-electron chi connectivity index (χ4n) is 3.34. The van der Waals surface area contributed by atoms with Crippen LogP contribution >= 0.6 is 0 Å². The zero-order valence-electron chi connectivity index (χ0n) is 12.8. The number of nitrogens with two attached hydrogens (primary N) is 1. The third-order valence-electron chi connectivity index (χ3n) is 4.81. The summed E-state index contributed by atoms with van der Waals surface area (Å²) in [7, 11) is 0. The van der Waals surface area contributed by atoms with Gasteiger partial charge in [-0.05, 0) is 38.7 Å². The van der Waals surface area contributed by atoms with Crippen molar-refractivity contribution in [3.05, 3.63) is 35.9 Å². The van der Waals surface area contributed by atoms with Gasteiger partial charge in [0.1, 0.15) is 5.60 Å². The predicted molar refractivity (Wildman–Crippen MR) is 83.5 cm³/mol. The normalized spacial score (nSPS) is 27.2. The van der Waals surface area contributed by atoms with E-state index in [2.05, 4.69) is 18.7 Å². The Morgan fingerprint density at radius 2 is 1.80 bits per heavy atom. The largest absolute Gasteiger partial charge is 0.384 e. The van der Waals surface area contributed by atoms with Crippen LogP contribution in [0.25, 0.3) is 0 Å². The highest BCUT2D eigenvalue weighted by Gasteiger charge is 2.31. The minimum Gasteiger partial charge on any atom is -0.384 e. The molecule has 1 heterocycles. The van der Waals surface area contributed by atoms with Crippen molar-refractivity contribution in [2.75, 3.05) is 13.1 Å². The maximum Gasteiger partial charge on any atom is 0.103 e. The molecule has 0 aliphatic carbocycles. The molecule has 0 spiro atoms. The van der Waals surface area contributed by atoms with Crippen LogP contribution < -0.4 is 5.73 Å². The second-order valence-corrected chi connectivity index (χ2v) is 6.22. The minimum absolute atomic E-state index is 0.271. The topological polar surface area (TPSA) is 49.5 Å². The van der Waals surface area contributed by atoms with Gasteiger partial charge < -0.3 is 10.8 Å². The molecule has 3 heteroatoms. The van der Waals surface area contributed by atoms with Crippen LogP contribution in [0.1, 0.15) is 45.1 Å². The van der Waals surface area contributed by atoms with Gasteiger partial charge in [0, 0.05) is 25.2 Å². The molecule has 112 valence electrons. The van der Waals surface area contributed by atoms with Gasteiger partial charge in [0.15, 0.2) is 0 Å². The van der Waals surface area contributed by atoms with E-state index in [1.54, 1.807) is 0 Å². The maximum atomic E-state index is 10.8. The van der Waals surface area contributed by atoms with Gasteiger partial charge in [-0.2, -0.15) is 0 Å². The van der Waals surface area contributed by atoms with Gasteiger partial charge in [-0.25, -0.2) is 0 Å². The van der Waals surface area contributed by atoms with E-state index in [0.29, 0.717) is 18.5 Å². The predicted octanol–water partition coefficient (Wildman–Crippen LogP) is 2.49. The van der Waals surface area contributed by atoms with E-state index in [1.165, 1.54) is 19.3 Å². The molecule has 0 aromatic heterocycles. The van der Waals surface area contributed by atoms with Crippen molar-refractivity contribution >= 4 is 0 Å². The molecular formula is C17H28N2O. The van der Waals surface area contributed by atoms with Crippen molar-refractivity contribution in [1.29, 1.82) is 0 Å². The summed E-state index contributed by atoms with van der Waals surface area (Å²) in [5.74, 6) is 0. The second-order valence-electron chi connectivity index (χ2n) is 6.22. The van der Waals surface area contributed by atoms with Gasteiger partial charge in [0.05, 0.1) is 0 Å².